The molecule has 0 aliphatic carbocycles. The highest BCUT2D eigenvalue weighted by atomic mass is 14.2. The van der Waals surface area contributed by atoms with Gasteiger partial charge in [0.05, 0.1) is 0 Å². The summed E-state index contributed by atoms with van der Waals surface area (Å²) >= 11 is 0. The Balaban J connectivity index is 3.94. The smallest absolute Gasteiger partial charge is 0.0412 e. The Morgan fingerprint density at radius 1 is 0.733 bits per heavy atom. The normalized spacial score (nSPS) is 17.4. The van der Waals surface area contributed by atoms with Gasteiger partial charge in [-0.25, -0.2) is 0 Å². The van der Waals surface area contributed by atoms with Crippen LogP contribution >= 0.6 is 0 Å². The molecule has 0 heterocycles. The first-order valence-corrected chi connectivity index (χ1v) is 7.17. The van der Waals surface area contributed by atoms with Gasteiger partial charge >= 0.3 is 0 Å². The fourth-order valence-corrected chi connectivity index (χ4v) is 2.53. The fourth-order valence-electron chi connectivity index (χ4n) is 2.53. The van der Waals surface area contributed by atoms with Gasteiger partial charge in [0.25, 0.3) is 0 Å². The van der Waals surface area contributed by atoms with Crippen LogP contribution in [0, 0.1) is 17.8 Å². The molecule has 0 amide bonds. The van der Waals surface area contributed by atoms with E-state index in [-0.39, 0.29) is 0 Å². The maximum atomic E-state index is 2.41. The van der Waals surface area contributed by atoms with Crippen LogP contribution in [0.15, 0.2) is 0 Å². The lowest BCUT2D eigenvalue weighted by atomic mass is 9.83. The maximum absolute atomic E-state index is 2.41. The predicted octanol–water partition coefficient (Wildman–Crippen LogP) is 5.67. The van der Waals surface area contributed by atoms with Crippen molar-refractivity contribution in [2.75, 3.05) is 0 Å². The lowest BCUT2D eigenvalue weighted by Gasteiger charge is -2.23. The summed E-state index contributed by atoms with van der Waals surface area (Å²) in [7, 11) is 0. The molecule has 0 saturated heterocycles. The van der Waals surface area contributed by atoms with E-state index in [9.17, 15) is 0 Å². The third-order valence-corrected chi connectivity index (χ3v) is 3.95. The maximum Gasteiger partial charge on any atom is -0.0412 e. The molecule has 0 radical (unpaired) electrons. The van der Waals surface area contributed by atoms with E-state index in [1.165, 1.54) is 44.9 Å². The van der Waals surface area contributed by atoms with Crippen molar-refractivity contribution >= 4 is 0 Å². The van der Waals surface area contributed by atoms with Gasteiger partial charge in [0, 0.05) is 0 Å². The van der Waals surface area contributed by atoms with E-state index >= 15 is 0 Å². The summed E-state index contributed by atoms with van der Waals surface area (Å²) in [6, 6.07) is 0. The Morgan fingerprint density at radius 3 is 1.73 bits per heavy atom. The molecule has 0 aliphatic rings. The summed E-state index contributed by atoms with van der Waals surface area (Å²) in [6.45, 7) is 11.8. The van der Waals surface area contributed by atoms with Crippen LogP contribution in [0.4, 0.5) is 0 Å². The van der Waals surface area contributed by atoms with E-state index in [0.29, 0.717) is 0 Å². The van der Waals surface area contributed by atoms with Gasteiger partial charge in [0.15, 0.2) is 0 Å². The zero-order valence-corrected chi connectivity index (χ0v) is 11.7. The lowest BCUT2D eigenvalue weighted by Crippen LogP contribution is -2.11. The van der Waals surface area contributed by atoms with Crippen molar-refractivity contribution in [1.29, 1.82) is 0 Å². The average molecular weight is 212 g/mol. The topological polar surface area (TPSA) is 0 Å². The zero-order chi connectivity index (χ0) is 11.7. The van der Waals surface area contributed by atoms with E-state index in [4.69, 9.17) is 0 Å². The molecule has 15 heavy (non-hydrogen) atoms. The molecular weight excluding hydrogens is 180 g/mol. The first kappa shape index (κ1) is 15.0. The van der Waals surface area contributed by atoms with Crippen LogP contribution in [-0.2, 0) is 0 Å². The van der Waals surface area contributed by atoms with Crippen LogP contribution in [0.1, 0.15) is 79.6 Å². The third-order valence-electron chi connectivity index (χ3n) is 3.95. The van der Waals surface area contributed by atoms with Crippen LogP contribution < -0.4 is 0 Å². The fraction of sp³-hybridized carbons (Fsp3) is 1.00. The minimum atomic E-state index is 0.925. The van der Waals surface area contributed by atoms with E-state index in [1.807, 2.05) is 0 Å². The highest BCUT2D eigenvalue weighted by Crippen LogP contribution is 2.28. The standard InChI is InChI=1S/C15H32/c1-6-10-14(8-3)12-15(9-4)11-13(5)7-2/h13-15H,6-12H2,1-5H3. The molecule has 3 atom stereocenters. The Hall–Kier alpha value is 0. The van der Waals surface area contributed by atoms with Gasteiger partial charge in [-0.05, 0) is 30.6 Å². The van der Waals surface area contributed by atoms with Gasteiger partial charge in [-0.3, -0.25) is 0 Å². The van der Waals surface area contributed by atoms with E-state index < -0.39 is 0 Å². The quantitative estimate of drug-likeness (QED) is 0.462. The molecule has 0 rings (SSSR count). The Kier molecular flexibility index (Phi) is 9.24. The van der Waals surface area contributed by atoms with Crippen LogP contribution in [-0.4, -0.2) is 0 Å². The van der Waals surface area contributed by atoms with Crippen molar-refractivity contribution in [3.05, 3.63) is 0 Å². The van der Waals surface area contributed by atoms with Gasteiger partial charge in [0.2, 0.25) is 0 Å². The van der Waals surface area contributed by atoms with Crippen molar-refractivity contribution < 1.29 is 0 Å². The van der Waals surface area contributed by atoms with Crippen molar-refractivity contribution in [1.82, 2.24) is 0 Å². The SMILES string of the molecule is CCCC(CC)CC(CC)CC(C)CC. The Labute approximate surface area is 97.8 Å². The van der Waals surface area contributed by atoms with Gasteiger partial charge in [-0.2, -0.15) is 0 Å². The molecule has 3 unspecified atom stereocenters. The highest BCUT2D eigenvalue weighted by molar-refractivity contribution is 4.67. The zero-order valence-electron chi connectivity index (χ0n) is 11.7. The number of hydrogen-bond acceptors (Lipinski definition) is 0. The average Bonchev–Trinajstić information content (AvgIpc) is 2.26. The van der Waals surface area contributed by atoms with Gasteiger partial charge in [0.1, 0.15) is 0 Å². The molecule has 0 aromatic rings. The van der Waals surface area contributed by atoms with E-state index in [0.717, 1.165) is 17.8 Å². The summed E-state index contributed by atoms with van der Waals surface area (Å²) in [5.41, 5.74) is 0. The second kappa shape index (κ2) is 9.24. The molecule has 0 bridgehead atoms. The van der Waals surface area contributed by atoms with Crippen LogP contribution in [0.5, 0.6) is 0 Å². The third kappa shape index (κ3) is 6.98. The summed E-state index contributed by atoms with van der Waals surface area (Å²) in [5, 5.41) is 0. The lowest BCUT2D eigenvalue weighted by molar-refractivity contribution is 0.285. The molecule has 0 aromatic heterocycles. The van der Waals surface area contributed by atoms with Crippen LogP contribution in [0.2, 0.25) is 0 Å². The Morgan fingerprint density at radius 2 is 1.33 bits per heavy atom. The van der Waals surface area contributed by atoms with Crippen molar-refractivity contribution in [2.45, 2.75) is 79.6 Å². The van der Waals surface area contributed by atoms with Crippen molar-refractivity contribution in [2.24, 2.45) is 17.8 Å². The summed E-state index contributed by atoms with van der Waals surface area (Å²) < 4.78 is 0. The highest BCUT2D eigenvalue weighted by Gasteiger charge is 2.15. The number of hydrogen-bond donors (Lipinski definition) is 0. The molecule has 0 aliphatic heterocycles. The summed E-state index contributed by atoms with van der Waals surface area (Å²) in [4.78, 5) is 0. The van der Waals surface area contributed by atoms with E-state index in [2.05, 4.69) is 34.6 Å². The Bertz CT molecular complexity index is 128. The second-order valence-corrected chi connectivity index (χ2v) is 5.32. The number of rotatable bonds is 9. The van der Waals surface area contributed by atoms with Crippen molar-refractivity contribution in [3.63, 3.8) is 0 Å². The van der Waals surface area contributed by atoms with Gasteiger partial charge < -0.3 is 0 Å². The van der Waals surface area contributed by atoms with Crippen molar-refractivity contribution in [3.8, 4) is 0 Å². The van der Waals surface area contributed by atoms with Gasteiger partial charge in [-0.1, -0.05) is 66.7 Å². The summed E-state index contributed by atoms with van der Waals surface area (Å²) in [6.07, 6.45) is 9.83. The minimum Gasteiger partial charge on any atom is -0.0654 e. The molecule has 0 aromatic carbocycles. The molecule has 0 spiro atoms. The molecule has 0 nitrogen and oxygen atoms in total. The first-order valence-electron chi connectivity index (χ1n) is 7.17. The van der Waals surface area contributed by atoms with Crippen LogP contribution in [0.25, 0.3) is 0 Å². The molecular formula is C15H32. The molecule has 0 heteroatoms. The van der Waals surface area contributed by atoms with Crippen LogP contribution in [0.3, 0.4) is 0 Å². The molecule has 0 fully saturated rings. The largest absolute Gasteiger partial charge is 0.0654 e. The monoisotopic (exact) mass is 212 g/mol. The summed E-state index contributed by atoms with van der Waals surface area (Å²) in [5.74, 6) is 2.90. The second-order valence-electron chi connectivity index (χ2n) is 5.32. The predicted molar refractivity (Wildman–Crippen MR) is 71.2 cm³/mol. The van der Waals surface area contributed by atoms with E-state index in [1.54, 1.807) is 0 Å². The molecule has 0 N–H and O–H groups in total. The minimum absolute atomic E-state index is 0.925. The molecule has 0 saturated carbocycles. The molecule has 92 valence electrons. The first-order chi connectivity index (χ1) is 7.17. The van der Waals surface area contributed by atoms with Gasteiger partial charge in [-0.15, -0.1) is 0 Å².